The van der Waals surface area contributed by atoms with Crippen LogP contribution in [0.1, 0.15) is 28.7 Å². The van der Waals surface area contributed by atoms with Crippen molar-refractivity contribution in [2.75, 3.05) is 0 Å². The highest BCUT2D eigenvalue weighted by atomic mass is 79.9. The van der Waals surface area contributed by atoms with Crippen molar-refractivity contribution in [3.8, 4) is 11.5 Å². The molecule has 24 heavy (non-hydrogen) atoms. The first-order valence-corrected chi connectivity index (χ1v) is 8.29. The van der Waals surface area contributed by atoms with E-state index < -0.39 is 5.97 Å². The van der Waals surface area contributed by atoms with E-state index in [0.29, 0.717) is 11.5 Å². The van der Waals surface area contributed by atoms with Gasteiger partial charge < -0.3 is 9.15 Å². The molecule has 0 fully saturated rings. The van der Waals surface area contributed by atoms with Crippen LogP contribution in [0.3, 0.4) is 0 Å². The van der Waals surface area contributed by atoms with Crippen LogP contribution in [0.25, 0.3) is 11.5 Å². The summed E-state index contributed by atoms with van der Waals surface area (Å²) in [4.78, 5) is 12.0. The molecule has 1 aromatic heterocycles. The summed E-state index contributed by atoms with van der Waals surface area (Å²) in [6.45, 7) is 2.00. The molecule has 0 atom stereocenters. The molecule has 3 rings (SSSR count). The molecule has 0 unspecified atom stereocenters. The lowest BCUT2D eigenvalue weighted by molar-refractivity contribution is 0.0438. The lowest BCUT2D eigenvalue weighted by Gasteiger charge is -2.03. The first-order valence-electron chi connectivity index (χ1n) is 7.50. The molecule has 0 aliphatic heterocycles. The third-order valence-corrected chi connectivity index (χ3v) is 4.01. The molecule has 3 aromatic rings. The van der Waals surface area contributed by atoms with Crippen LogP contribution >= 0.6 is 15.9 Å². The van der Waals surface area contributed by atoms with Crippen molar-refractivity contribution < 1.29 is 13.9 Å². The number of hydrogen-bond donors (Lipinski definition) is 0. The fourth-order valence-corrected chi connectivity index (χ4v) is 2.37. The Morgan fingerprint density at radius 2 is 1.79 bits per heavy atom. The van der Waals surface area contributed by atoms with Gasteiger partial charge in [0.05, 0.1) is 5.56 Å². The summed E-state index contributed by atoms with van der Waals surface area (Å²) in [5.41, 5.74) is 2.47. The molecule has 122 valence electrons. The lowest BCUT2D eigenvalue weighted by Crippen LogP contribution is -2.05. The maximum Gasteiger partial charge on any atom is 0.338 e. The highest BCUT2D eigenvalue weighted by Crippen LogP contribution is 2.20. The molecule has 0 saturated heterocycles. The van der Waals surface area contributed by atoms with E-state index in [9.17, 15) is 4.79 Å². The van der Waals surface area contributed by atoms with Crippen molar-refractivity contribution in [3.05, 3.63) is 70.0 Å². The molecule has 0 radical (unpaired) electrons. The van der Waals surface area contributed by atoms with Crippen LogP contribution in [-0.2, 0) is 17.8 Å². The zero-order valence-corrected chi connectivity index (χ0v) is 14.6. The molecule has 1 heterocycles. The van der Waals surface area contributed by atoms with Crippen molar-refractivity contribution in [2.24, 2.45) is 0 Å². The molecule has 0 spiro atoms. The van der Waals surface area contributed by atoms with E-state index in [-0.39, 0.29) is 12.5 Å². The third-order valence-electron chi connectivity index (χ3n) is 3.48. The second kappa shape index (κ2) is 7.40. The SMILES string of the molecule is CCc1ccc(C(=O)OCc2nnc(-c3ccc(Br)cc3)o2)cc1. The number of rotatable bonds is 5. The van der Waals surface area contributed by atoms with Gasteiger partial charge in [-0.1, -0.05) is 35.0 Å². The summed E-state index contributed by atoms with van der Waals surface area (Å²) in [5.74, 6) is 0.230. The quantitative estimate of drug-likeness (QED) is 0.607. The molecule has 0 saturated carbocycles. The minimum absolute atomic E-state index is 0.0576. The number of nitrogens with zero attached hydrogens (tertiary/aromatic N) is 2. The molecule has 6 heteroatoms. The maximum absolute atomic E-state index is 12.0. The van der Waals surface area contributed by atoms with Crippen LogP contribution in [0.15, 0.2) is 57.4 Å². The minimum Gasteiger partial charge on any atom is -0.452 e. The topological polar surface area (TPSA) is 65.2 Å². The Hall–Kier alpha value is -2.47. The van der Waals surface area contributed by atoms with Crippen molar-refractivity contribution in [3.63, 3.8) is 0 Å². The van der Waals surface area contributed by atoms with E-state index in [4.69, 9.17) is 9.15 Å². The number of carbonyl (C=O) groups is 1. The first-order chi connectivity index (χ1) is 11.7. The van der Waals surface area contributed by atoms with Crippen LogP contribution in [0.5, 0.6) is 0 Å². The van der Waals surface area contributed by atoms with E-state index in [1.165, 1.54) is 5.56 Å². The Morgan fingerprint density at radius 1 is 1.08 bits per heavy atom. The summed E-state index contributed by atoms with van der Waals surface area (Å²) >= 11 is 3.37. The molecular formula is C18H15BrN2O3. The standard InChI is InChI=1S/C18H15BrN2O3/c1-2-12-3-5-14(6-4-12)18(22)23-11-16-20-21-17(24-16)13-7-9-15(19)10-8-13/h3-10H,2,11H2,1H3. The third kappa shape index (κ3) is 3.89. The predicted molar refractivity (Wildman–Crippen MR) is 92.4 cm³/mol. The van der Waals surface area contributed by atoms with Gasteiger partial charge in [0, 0.05) is 10.0 Å². The number of carbonyl (C=O) groups excluding carboxylic acids is 1. The van der Waals surface area contributed by atoms with E-state index in [2.05, 4.69) is 33.1 Å². The first kappa shape index (κ1) is 16.4. The number of aryl methyl sites for hydroxylation is 1. The van der Waals surface area contributed by atoms with Gasteiger partial charge in [-0.25, -0.2) is 4.79 Å². The van der Waals surface area contributed by atoms with Crippen LogP contribution in [0.4, 0.5) is 0 Å². The van der Waals surface area contributed by atoms with Gasteiger partial charge in [-0.05, 0) is 48.4 Å². The Balaban J connectivity index is 1.62. The molecule has 0 aliphatic carbocycles. The van der Waals surface area contributed by atoms with Gasteiger partial charge in [0.25, 0.3) is 5.89 Å². The highest BCUT2D eigenvalue weighted by molar-refractivity contribution is 9.10. The largest absolute Gasteiger partial charge is 0.452 e. The number of halogens is 1. The summed E-state index contributed by atoms with van der Waals surface area (Å²) in [6.07, 6.45) is 0.927. The summed E-state index contributed by atoms with van der Waals surface area (Å²) in [7, 11) is 0. The summed E-state index contributed by atoms with van der Waals surface area (Å²) in [6, 6.07) is 14.8. The number of benzene rings is 2. The van der Waals surface area contributed by atoms with Gasteiger partial charge in [0.1, 0.15) is 0 Å². The normalized spacial score (nSPS) is 10.6. The molecule has 5 nitrogen and oxygen atoms in total. The summed E-state index contributed by atoms with van der Waals surface area (Å²) < 4.78 is 11.7. The number of esters is 1. The Morgan fingerprint density at radius 3 is 2.46 bits per heavy atom. The van der Waals surface area contributed by atoms with Crippen LogP contribution in [0.2, 0.25) is 0 Å². The predicted octanol–water partition coefficient (Wildman–Crippen LogP) is 4.42. The van der Waals surface area contributed by atoms with Gasteiger partial charge >= 0.3 is 5.97 Å². The Bertz CT molecular complexity index is 826. The molecule has 2 aromatic carbocycles. The van der Waals surface area contributed by atoms with Gasteiger partial charge in [0.15, 0.2) is 6.61 Å². The zero-order chi connectivity index (χ0) is 16.9. The average molecular weight is 387 g/mol. The monoisotopic (exact) mass is 386 g/mol. The maximum atomic E-state index is 12.0. The van der Waals surface area contributed by atoms with Crippen LogP contribution in [0, 0.1) is 0 Å². The van der Waals surface area contributed by atoms with Gasteiger partial charge in [0.2, 0.25) is 5.89 Å². The smallest absolute Gasteiger partial charge is 0.338 e. The fraction of sp³-hybridized carbons (Fsp3) is 0.167. The minimum atomic E-state index is -0.416. The van der Waals surface area contributed by atoms with Gasteiger partial charge in [-0.15, -0.1) is 10.2 Å². The second-order valence-electron chi connectivity index (χ2n) is 5.13. The van der Waals surface area contributed by atoms with E-state index in [1.54, 1.807) is 12.1 Å². The molecule has 0 bridgehead atoms. The van der Waals surface area contributed by atoms with Crippen LogP contribution < -0.4 is 0 Å². The Kier molecular flexibility index (Phi) is 5.05. The molecule has 0 amide bonds. The lowest BCUT2D eigenvalue weighted by atomic mass is 10.1. The van der Waals surface area contributed by atoms with E-state index in [0.717, 1.165) is 16.5 Å². The van der Waals surface area contributed by atoms with Crippen molar-refractivity contribution in [2.45, 2.75) is 20.0 Å². The van der Waals surface area contributed by atoms with Crippen molar-refractivity contribution in [1.82, 2.24) is 10.2 Å². The van der Waals surface area contributed by atoms with Gasteiger partial charge in [-0.2, -0.15) is 0 Å². The van der Waals surface area contributed by atoms with E-state index in [1.807, 2.05) is 36.4 Å². The van der Waals surface area contributed by atoms with E-state index >= 15 is 0 Å². The van der Waals surface area contributed by atoms with Gasteiger partial charge in [-0.3, -0.25) is 0 Å². The zero-order valence-electron chi connectivity index (χ0n) is 13.0. The van der Waals surface area contributed by atoms with Crippen molar-refractivity contribution >= 4 is 21.9 Å². The molecule has 0 N–H and O–H groups in total. The fourth-order valence-electron chi connectivity index (χ4n) is 2.11. The Labute approximate surface area is 147 Å². The second-order valence-corrected chi connectivity index (χ2v) is 6.05. The van der Waals surface area contributed by atoms with Crippen LogP contribution in [-0.4, -0.2) is 16.2 Å². The average Bonchev–Trinajstić information content (AvgIpc) is 3.09. The number of aromatic nitrogens is 2. The molecular weight excluding hydrogens is 372 g/mol. The summed E-state index contributed by atoms with van der Waals surface area (Å²) in [5, 5.41) is 7.87. The number of hydrogen-bond acceptors (Lipinski definition) is 5. The highest BCUT2D eigenvalue weighted by Gasteiger charge is 2.12. The van der Waals surface area contributed by atoms with Crippen molar-refractivity contribution in [1.29, 1.82) is 0 Å². The molecule has 0 aliphatic rings. The number of ether oxygens (including phenoxy) is 1.